The van der Waals surface area contributed by atoms with Crippen molar-refractivity contribution in [2.45, 2.75) is 0 Å². The minimum absolute atomic E-state index is 0.306. The number of piperazine rings is 1. The highest BCUT2D eigenvalue weighted by Gasteiger charge is 2.18. The molecule has 1 heterocycles. The van der Waals surface area contributed by atoms with Crippen LogP contribution in [0.4, 0.5) is 10.1 Å². The van der Waals surface area contributed by atoms with Gasteiger partial charge in [-0.15, -0.1) is 0 Å². The molecule has 2 aromatic carbocycles. The van der Waals surface area contributed by atoms with Crippen LogP contribution in [0, 0.1) is 5.82 Å². The fourth-order valence-electron chi connectivity index (χ4n) is 2.79. The highest BCUT2D eigenvalue weighted by atomic mass is 19.1. The molecule has 0 saturated carbocycles. The SMILES string of the molecule is Oc1ccccc1N1CCN(CCOc2ccccc2F)CC1. The molecule has 4 nitrogen and oxygen atoms in total. The number of para-hydroxylation sites is 3. The summed E-state index contributed by atoms with van der Waals surface area (Å²) >= 11 is 0. The van der Waals surface area contributed by atoms with E-state index in [0.717, 1.165) is 38.4 Å². The van der Waals surface area contributed by atoms with Crippen LogP contribution in [0.2, 0.25) is 0 Å². The third kappa shape index (κ3) is 3.93. The largest absolute Gasteiger partial charge is 0.506 e. The van der Waals surface area contributed by atoms with Crippen molar-refractivity contribution in [1.82, 2.24) is 4.90 Å². The Morgan fingerprint density at radius 3 is 2.39 bits per heavy atom. The predicted molar refractivity (Wildman–Crippen MR) is 88.7 cm³/mol. The van der Waals surface area contributed by atoms with Crippen LogP contribution < -0.4 is 9.64 Å². The van der Waals surface area contributed by atoms with Crippen LogP contribution >= 0.6 is 0 Å². The second-order valence-electron chi connectivity index (χ2n) is 5.60. The highest BCUT2D eigenvalue weighted by Crippen LogP contribution is 2.27. The van der Waals surface area contributed by atoms with Gasteiger partial charge < -0.3 is 14.7 Å². The predicted octanol–water partition coefficient (Wildman–Crippen LogP) is 2.73. The molecule has 1 N–H and O–H groups in total. The van der Waals surface area contributed by atoms with Gasteiger partial charge in [-0.25, -0.2) is 4.39 Å². The van der Waals surface area contributed by atoms with Crippen molar-refractivity contribution in [2.24, 2.45) is 0 Å². The molecule has 0 aromatic heterocycles. The van der Waals surface area contributed by atoms with Crippen LogP contribution in [0.1, 0.15) is 0 Å². The van der Waals surface area contributed by atoms with Crippen LogP contribution in [-0.4, -0.2) is 49.3 Å². The van der Waals surface area contributed by atoms with Crippen molar-refractivity contribution >= 4 is 5.69 Å². The molecular formula is C18H21FN2O2. The third-order valence-corrected chi connectivity index (χ3v) is 4.10. The molecule has 0 spiro atoms. The number of nitrogens with zero attached hydrogens (tertiary/aromatic N) is 2. The Morgan fingerprint density at radius 1 is 0.957 bits per heavy atom. The lowest BCUT2D eigenvalue weighted by Crippen LogP contribution is -2.47. The Labute approximate surface area is 135 Å². The quantitative estimate of drug-likeness (QED) is 0.920. The second-order valence-corrected chi connectivity index (χ2v) is 5.60. The van der Waals surface area contributed by atoms with Gasteiger partial charge in [-0.2, -0.15) is 0 Å². The number of anilines is 1. The van der Waals surface area contributed by atoms with Crippen molar-refractivity contribution in [3.8, 4) is 11.5 Å². The van der Waals surface area contributed by atoms with Gasteiger partial charge in [0.25, 0.3) is 0 Å². The van der Waals surface area contributed by atoms with Crippen molar-refractivity contribution in [1.29, 1.82) is 0 Å². The van der Waals surface area contributed by atoms with Gasteiger partial charge >= 0.3 is 0 Å². The number of phenolic OH excluding ortho intramolecular Hbond substituents is 1. The molecule has 0 radical (unpaired) electrons. The van der Waals surface area contributed by atoms with E-state index in [9.17, 15) is 9.50 Å². The number of ether oxygens (including phenoxy) is 1. The van der Waals surface area contributed by atoms with E-state index in [1.807, 2.05) is 18.2 Å². The number of phenols is 1. The molecule has 0 amide bonds. The number of benzene rings is 2. The Bertz CT molecular complexity index is 640. The summed E-state index contributed by atoms with van der Waals surface area (Å²) in [7, 11) is 0. The molecule has 3 rings (SSSR count). The lowest BCUT2D eigenvalue weighted by Gasteiger charge is -2.36. The van der Waals surface area contributed by atoms with Gasteiger partial charge in [-0.05, 0) is 24.3 Å². The molecule has 23 heavy (non-hydrogen) atoms. The van der Waals surface area contributed by atoms with Crippen LogP contribution in [0.25, 0.3) is 0 Å². The third-order valence-electron chi connectivity index (χ3n) is 4.10. The molecule has 2 aromatic rings. The minimum atomic E-state index is -0.322. The highest BCUT2D eigenvalue weighted by molar-refractivity contribution is 5.57. The van der Waals surface area contributed by atoms with Gasteiger partial charge in [0.05, 0.1) is 5.69 Å². The maximum absolute atomic E-state index is 13.5. The van der Waals surface area contributed by atoms with E-state index in [1.165, 1.54) is 6.07 Å². The summed E-state index contributed by atoms with van der Waals surface area (Å²) in [6, 6.07) is 13.9. The van der Waals surface area contributed by atoms with Gasteiger partial charge in [-0.1, -0.05) is 24.3 Å². The summed E-state index contributed by atoms with van der Waals surface area (Å²) in [5, 5.41) is 9.91. The van der Waals surface area contributed by atoms with Crippen LogP contribution in [-0.2, 0) is 0 Å². The molecule has 1 saturated heterocycles. The normalized spacial score (nSPS) is 15.6. The summed E-state index contributed by atoms with van der Waals surface area (Å²) in [5.74, 6) is 0.307. The lowest BCUT2D eigenvalue weighted by molar-refractivity contribution is 0.196. The molecule has 122 valence electrons. The number of rotatable bonds is 5. The Hall–Kier alpha value is -2.27. The second kappa shape index (κ2) is 7.33. The first kappa shape index (κ1) is 15.6. The summed E-state index contributed by atoms with van der Waals surface area (Å²) in [6.45, 7) is 4.75. The van der Waals surface area contributed by atoms with E-state index in [2.05, 4.69) is 9.80 Å². The molecule has 5 heteroatoms. The number of hydrogen-bond acceptors (Lipinski definition) is 4. The number of halogens is 1. The van der Waals surface area contributed by atoms with Gasteiger partial charge in [0.1, 0.15) is 12.4 Å². The smallest absolute Gasteiger partial charge is 0.165 e. The monoisotopic (exact) mass is 316 g/mol. The molecule has 0 aliphatic carbocycles. The zero-order valence-electron chi connectivity index (χ0n) is 13.0. The Morgan fingerprint density at radius 2 is 1.65 bits per heavy atom. The first-order valence-electron chi connectivity index (χ1n) is 7.86. The molecule has 0 atom stereocenters. The first-order chi connectivity index (χ1) is 11.2. The number of hydrogen-bond donors (Lipinski definition) is 1. The van der Waals surface area contributed by atoms with Gasteiger partial charge in [0.2, 0.25) is 0 Å². The molecule has 1 aliphatic heterocycles. The fourth-order valence-corrected chi connectivity index (χ4v) is 2.79. The average molecular weight is 316 g/mol. The zero-order valence-corrected chi connectivity index (χ0v) is 13.0. The Balaban J connectivity index is 1.45. The summed E-state index contributed by atoms with van der Waals surface area (Å²) < 4.78 is 19.0. The van der Waals surface area contributed by atoms with Crippen molar-refractivity contribution in [2.75, 3.05) is 44.2 Å². The maximum Gasteiger partial charge on any atom is 0.165 e. The van der Waals surface area contributed by atoms with E-state index in [0.29, 0.717) is 18.1 Å². The van der Waals surface area contributed by atoms with E-state index >= 15 is 0 Å². The van der Waals surface area contributed by atoms with E-state index in [4.69, 9.17) is 4.74 Å². The van der Waals surface area contributed by atoms with Crippen LogP contribution in [0.15, 0.2) is 48.5 Å². The topological polar surface area (TPSA) is 35.9 Å². The summed E-state index contributed by atoms with van der Waals surface area (Å²) in [4.78, 5) is 4.47. The lowest BCUT2D eigenvalue weighted by atomic mass is 10.2. The molecule has 0 bridgehead atoms. The van der Waals surface area contributed by atoms with Crippen LogP contribution in [0.3, 0.4) is 0 Å². The molecular weight excluding hydrogens is 295 g/mol. The standard InChI is InChI=1S/C18H21FN2O2/c19-15-5-1-4-8-18(15)23-14-13-20-9-11-21(12-10-20)16-6-2-3-7-17(16)22/h1-8,22H,9-14H2. The Kier molecular flexibility index (Phi) is 4.98. The van der Waals surface area contributed by atoms with Gasteiger partial charge in [0, 0.05) is 32.7 Å². The average Bonchev–Trinajstić information content (AvgIpc) is 2.58. The fraction of sp³-hybridized carbons (Fsp3) is 0.333. The minimum Gasteiger partial charge on any atom is -0.506 e. The molecule has 1 aliphatic rings. The van der Waals surface area contributed by atoms with Crippen molar-refractivity contribution < 1.29 is 14.2 Å². The van der Waals surface area contributed by atoms with Crippen LogP contribution in [0.5, 0.6) is 11.5 Å². The van der Waals surface area contributed by atoms with Gasteiger partial charge in [0.15, 0.2) is 11.6 Å². The van der Waals surface area contributed by atoms with E-state index in [1.54, 1.807) is 24.3 Å². The van der Waals surface area contributed by atoms with E-state index in [-0.39, 0.29) is 5.82 Å². The van der Waals surface area contributed by atoms with E-state index < -0.39 is 0 Å². The summed E-state index contributed by atoms with van der Waals surface area (Å²) in [6.07, 6.45) is 0. The van der Waals surface area contributed by atoms with Gasteiger partial charge in [-0.3, -0.25) is 4.90 Å². The summed E-state index contributed by atoms with van der Waals surface area (Å²) in [5.41, 5.74) is 0.884. The maximum atomic E-state index is 13.5. The van der Waals surface area contributed by atoms with Crippen molar-refractivity contribution in [3.05, 3.63) is 54.3 Å². The molecule has 1 fully saturated rings. The molecule has 0 unspecified atom stereocenters. The number of aromatic hydroxyl groups is 1. The zero-order chi connectivity index (χ0) is 16.1. The first-order valence-corrected chi connectivity index (χ1v) is 7.86. The van der Waals surface area contributed by atoms with Crippen molar-refractivity contribution in [3.63, 3.8) is 0 Å².